The van der Waals surface area contributed by atoms with Crippen molar-refractivity contribution in [3.63, 3.8) is 0 Å². The number of rotatable bonds is 3. The minimum Gasteiger partial charge on any atom is -0.481 e. The Morgan fingerprint density at radius 1 is 1.16 bits per heavy atom. The predicted octanol–water partition coefficient (Wildman–Crippen LogP) is 2.99. The van der Waals surface area contributed by atoms with Gasteiger partial charge in [0.05, 0.1) is 12.0 Å². The van der Waals surface area contributed by atoms with Gasteiger partial charge in [0, 0.05) is 5.56 Å². The third-order valence-corrected chi connectivity index (χ3v) is 2.77. The third kappa shape index (κ3) is 2.61. The Kier molecular flexibility index (Phi) is 3.58. The number of carboxylic acid groups (broad SMARTS) is 1. The van der Waals surface area contributed by atoms with Gasteiger partial charge in [0.2, 0.25) is 0 Å². The average Bonchev–Trinajstić information content (AvgIpc) is 2.38. The zero-order valence-electron chi connectivity index (χ0n) is 9.93. The number of hydrogen-bond donors (Lipinski definition) is 1. The first kappa shape index (κ1) is 12.8. The molecule has 2 aromatic rings. The van der Waals surface area contributed by atoms with E-state index in [9.17, 15) is 9.18 Å². The van der Waals surface area contributed by atoms with Crippen molar-refractivity contribution in [3.05, 3.63) is 59.4 Å². The van der Waals surface area contributed by atoms with Crippen LogP contribution in [-0.4, -0.2) is 11.1 Å². The summed E-state index contributed by atoms with van der Waals surface area (Å²) in [6.45, 7) is 0. The molecular weight excluding hydrogens is 245 g/mol. The summed E-state index contributed by atoms with van der Waals surface area (Å²) >= 11 is 0. The molecule has 4 heteroatoms. The van der Waals surface area contributed by atoms with E-state index in [0.717, 1.165) is 0 Å². The maximum Gasteiger partial charge on any atom is 0.307 e. The highest BCUT2D eigenvalue weighted by Gasteiger charge is 2.14. The fourth-order valence-corrected chi connectivity index (χ4v) is 1.96. The lowest BCUT2D eigenvalue weighted by atomic mass is 9.94. The molecule has 0 unspecified atom stereocenters. The second-order valence-corrected chi connectivity index (χ2v) is 4.00. The van der Waals surface area contributed by atoms with Crippen LogP contribution in [-0.2, 0) is 11.2 Å². The first-order valence-corrected chi connectivity index (χ1v) is 5.62. The molecule has 0 bridgehead atoms. The molecule has 0 fully saturated rings. The summed E-state index contributed by atoms with van der Waals surface area (Å²) in [4.78, 5) is 10.8. The van der Waals surface area contributed by atoms with Gasteiger partial charge in [-0.25, -0.2) is 4.39 Å². The molecule has 0 heterocycles. The summed E-state index contributed by atoms with van der Waals surface area (Å²) in [6, 6.07) is 12.9. The molecular formula is C15H10FNO2. The van der Waals surface area contributed by atoms with E-state index in [1.54, 1.807) is 30.3 Å². The van der Waals surface area contributed by atoms with E-state index in [4.69, 9.17) is 10.4 Å². The summed E-state index contributed by atoms with van der Waals surface area (Å²) in [5.74, 6) is -1.58. The Morgan fingerprint density at radius 2 is 1.84 bits per heavy atom. The predicted molar refractivity (Wildman–Crippen MR) is 67.9 cm³/mol. The van der Waals surface area contributed by atoms with Crippen LogP contribution in [0.2, 0.25) is 0 Å². The van der Waals surface area contributed by atoms with Gasteiger partial charge in [-0.1, -0.05) is 36.4 Å². The lowest BCUT2D eigenvalue weighted by molar-refractivity contribution is -0.136. The van der Waals surface area contributed by atoms with Gasteiger partial charge in [0.1, 0.15) is 11.9 Å². The molecule has 0 aliphatic heterocycles. The summed E-state index contributed by atoms with van der Waals surface area (Å²) in [6.07, 6.45) is -0.169. The molecule has 0 atom stereocenters. The monoisotopic (exact) mass is 255 g/mol. The maximum absolute atomic E-state index is 13.6. The Bertz CT molecular complexity index is 674. The van der Waals surface area contributed by atoms with Gasteiger partial charge in [-0.3, -0.25) is 4.79 Å². The largest absolute Gasteiger partial charge is 0.481 e. The number of carboxylic acids is 1. The quantitative estimate of drug-likeness (QED) is 0.917. The first-order chi connectivity index (χ1) is 9.13. The van der Waals surface area contributed by atoms with Crippen molar-refractivity contribution in [1.29, 1.82) is 5.26 Å². The lowest BCUT2D eigenvalue weighted by Gasteiger charge is -2.09. The Hall–Kier alpha value is -2.67. The van der Waals surface area contributed by atoms with E-state index >= 15 is 0 Å². The lowest BCUT2D eigenvalue weighted by Crippen LogP contribution is -2.02. The number of benzene rings is 2. The van der Waals surface area contributed by atoms with Gasteiger partial charge in [-0.2, -0.15) is 5.26 Å². The highest BCUT2D eigenvalue weighted by atomic mass is 19.1. The summed E-state index contributed by atoms with van der Waals surface area (Å²) in [5.41, 5.74) is 1.47. The standard InChI is InChI=1S/C15H10FNO2/c16-14-7-3-6-12(13(14)9-17)11-5-2-1-4-10(11)8-15(18)19/h1-7H,8H2,(H,18,19). The van der Waals surface area contributed by atoms with E-state index in [-0.39, 0.29) is 12.0 Å². The fourth-order valence-electron chi connectivity index (χ4n) is 1.96. The molecule has 2 aromatic carbocycles. The Balaban J connectivity index is 2.63. The molecule has 0 amide bonds. The Morgan fingerprint density at radius 3 is 2.53 bits per heavy atom. The normalized spacial score (nSPS) is 9.89. The SMILES string of the molecule is N#Cc1c(F)cccc1-c1ccccc1CC(=O)O. The van der Waals surface area contributed by atoms with Gasteiger partial charge < -0.3 is 5.11 Å². The number of aliphatic carboxylic acids is 1. The zero-order valence-corrected chi connectivity index (χ0v) is 9.93. The van der Waals surface area contributed by atoms with Crippen LogP contribution in [0.5, 0.6) is 0 Å². The van der Waals surface area contributed by atoms with Crippen molar-refractivity contribution in [3.8, 4) is 17.2 Å². The van der Waals surface area contributed by atoms with Crippen LogP contribution in [0.15, 0.2) is 42.5 Å². The van der Waals surface area contributed by atoms with Crippen LogP contribution < -0.4 is 0 Å². The van der Waals surface area contributed by atoms with Crippen LogP contribution in [0.25, 0.3) is 11.1 Å². The number of halogens is 1. The van der Waals surface area contributed by atoms with Gasteiger partial charge in [0.25, 0.3) is 0 Å². The highest BCUT2D eigenvalue weighted by molar-refractivity contribution is 5.79. The zero-order chi connectivity index (χ0) is 13.8. The molecule has 0 saturated heterocycles. The second-order valence-electron chi connectivity index (χ2n) is 4.00. The molecule has 0 saturated carbocycles. The minimum absolute atomic E-state index is 0.0691. The van der Waals surface area contributed by atoms with E-state index in [1.165, 1.54) is 12.1 Å². The highest BCUT2D eigenvalue weighted by Crippen LogP contribution is 2.28. The average molecular weight is 255 g/mol. The van der Waals surface area contributed by atoms with Crippen molar-refractivity contribution in [1.82, 2.24) is 0 Å². The van der Waals surface area contributed by atoms with Crippen LogP contribution in [0.4, 0.5) is 4.39 Å². The molecule has 3 nitrogen and oxygen atoms in total. The van der Waals surface area contributed by atoms with E-state index < -0.39 is 11.8 Å². The smallest absolute Gasteiger partial charge is 0.307 e. The fraction of sp³-hybridized carbons (Fsp3) is 0.0667. The molecule has 0 radical (unpaired) electrons. The van der Waals surface area contributed by atoms with Crippen LogP contribution in [0.1, 0.15) is 11.1 Å². The van der Waals surface area contributed by atoms with E-state index in [0.29, 0.717) is 16.7 Å². The van der Waals surface area contributed by atoms with Gasteiger partial charge >= 0.3 is 5.97 Å². The van der Waals surface area contributed by atoms with Gasteiger partial charge in [-0.05, 0) is 17.2 Å². The van der Waals surface area contributed by atoms with Crippen LogP contribution in [0.3, 0.4) is 0 Å². The van der Waals surface area contributed by atoms with Gasteiger partial charge in [-0.15, -0.1) is 0 Å². The van der Waals surface area contributed by atoms with Crippen molar-refractivity contribution < 1.29 is 14.3 Å². The van der Waals surface area contributed by atoms with Crippen LogP contribution >= 0.6 is 0 Å². The number of nitriles is 1. The van der Waals surface area contributed by atoms with Gasteiger partial charge in [0.15, 0.2) is 0 Å². The summed E-state index contributed by atoms with van der Waals surface area (Å²) < 4.78 is 13.6. The molecule has 2 rings (SSSR count). The molecule has 0 spiro atoms. The Labute approximate surface area is 109 Å². The number of nitrogens with zero attached hydrogens (tertiary/aromatic N) is 1. The second kappa shape index (κ2) is 5.32. The summed E-state index contributed by atoms with van der Waals surface area (Å²) in [5, 5.41) is 17.9. The van der Waals surface area contributed by atoms with Crippen molar-refractivity contribution in [2.75, 3.05) is 0 Å². The first-order valence-electron chi connectivity index (χ1n) is 5.62. The molecule has 1 N–H and O–H groups in total. The molecule has 0 aliphatic carbocycles. The topological polar surface area (TPSA) is 61.1 Å². The van der Waals surface area contributed by atoms with Crippen molar-refractivity contribution >= 4 is 5.97 Å². The van der Waals surface area contributed by atoms with Crippen molar-refractivity contribution in [2.24, 2.45) is 0 Å². The third-order valence-electron chi connectivity index (χ3n) is 2.77. The molecule has 0 aromatic heterocycles. The minimum atomic E-state index is -0.970. The molecule has 94 valence electrons. The van der Waals surface area contributed by atoms with Crippen molar-refractivity contribution in [2.45, 2.75) is 6.42 Å². The molecule has 0 aliphatic rings. The number of hydrogen-bond acceptors (Lipinski definition) is 2. The summed E-state index contributed by atoms with van der Waals surface area (Å²) in [7, 11) is 0. The molecule has 19 heavy (non-hydrogen) atoms. The van der Waals surface area contributed by atoms with E-state index in [2.05, 4.69) is 0 Å². The van der Waals surface area contributed by atoms with E-state index in [1.807, 2.05) is 6.07 Å². The number of carbonyl (C=O) groups is 1. The van der Waals surface area contributed by atoms with Crippen LogP contribution in [0, 0.1) is 17.1 Å². The maximum atomic E-state index is 13.6.